The van der Waals surface area contributed by atoms with Gasteiger partial charge in [-0.25, -0.2) is 0 Å². The maximum Gasteiger partial charge on any atom is 0.0615 e. The molecule has 0 aromatic carbocycles. The third kappa shape index (κ3) is 3.74. The second-order valence-corrected chi connectivity index (χ2v) is 5.07. The fourth-order valence-electron chi connectivity index (χ4n) is 2.06. The molecule has 1 heterocycles. The molecule has 1 aliphatic rings. The first kappa shape index (κ1) is 12.9. The van der Waals surface area contributed by atoms with Crippen molar-refractivity contribution in [3.05, 3.63) is 0 Å². The second kappa shape index (κ2) is 5.83. The molecule has 2 N–H and O–H groups in total. The summed E-state index contributed by atoms with van der Waals surface area (Å²) < 4.78 is 5.64. The van der Waals surface area contributed by atoms with Gasteiger partial charge < -0.3 is 15.2 Å². The number of ether oxygens (including phenoxy) is 1. The van der Waals surface area contributed by atoms with Gasteiger partial charge in [-0.05, 0) is 31.7 Å². The number of aliphatic hydroxyl groups excluding tert-OH is 1. The van der Waals surface area contributed by atoms with E-state index in [-0.39, 0.29) is 12.1 Å². The Bertz CT molecular complexity index is 184. The van der Waals surface area contributed by atoms with Crippen molar-refractivity contribution in [2.24, 2.45) is 5.92 Å². The summed E-state index contributed by atoms with van der Waals surface area (Å²) in [7, 11) is 0. The minimum Gasteiger partial charge on any atom is -0.394 e. The van der Waals surface area contributed by atoms with Crippen molar-refractivity contribution >= 4 is 0 Å². The Morgan fingerprint density at radius 1 is 1.53 bits per heavy atom. The molecule has 0 radical (unpaired) electrons. The highest BCUT2D eigenvalue weighted by molar-refractivity contribution is 4.92. The number of aliphatic hydroxyl groups is 1. The van der Waals surface area contributed by atoms with Crippen LogP contribution in [0.4, 0.5) is 0 Å². The number of hydrogen-bond acceptors (Lipinski definition) is 3. The quantitative estimate of drug-likeness (QED) is 0.731. The summed E-state index contributed by atoms with van der Waals surface area (Å²) in [6, 6.07) is 0. The van der Waals surface area contributed by atoms with Crippen molar-refractivity contribution in [3.63, 3.8) is 0 Å². The molecule has 3 heteroatoms. The van der Waals surface area contributed by atoms with E-state index < -0.39 is 0 Å². The van der Waals surface area contributed by atoms with Crippen molar-refractivity contribution in [3.8, 4) is 0 Å². The summed E-state index contributed by atoms with van der Waals surface area (Å²) in [6.07, 6.45) is 3.20. The molecule has 0 aliphatic carbocycles. The first-order chi connectivity index (χ1) is 7.12. The lowest BCUT2D eigenvalue weighted by atomic mass is 9.86. The van der Waals surface area contributed by atoms with E-state index >= 15 is 0 Å². The average molecular weight is 215 g/mol. The van der Waals surface area contributed by atoms with Crippen LogP contribution in [0.15, 0.2) is 0 Å². The Labute approximate surface area is 93.2 Å². The fourth-order valence-corrected chi connectivity index (χ4v) is 2.06. The molecule has 0 bridgehead atoms. The number of hydrogen-bond donors (Lipinski definition) is 2. The number of nitrogens with one attached hydrogen (secondary N) is 1. The zero-order valence-electron chi connectivity index (χ0n) is 10.3. The molecule has 0 aromatic rings. The van der Waals surface area contributed by atoms with Gasteiger partial charge in [0, 0.05) is 12.1 Å². The first-order valence-corrected chi connectivity index (χ1v) is 6.09. The van der Waals surface area contributed by atoms with Gasteiger partial charge in [0.2, 0.25) is 0 Å². The van der Waals surface area contributed by atoms with Gasteiger partial charge in [0.25, 0.3) is 0 Å². The highest BCUT2D eigenvalue weighted by Crippen LogP contribution is 2.26. The van der Waals surface area contributed by atoms with Crippen LogP contribution in [0.3, 0.4) is 0 Å². The largest absolute Gasteiger partial charge is 0.394 e. The predicted octanol–water partition coefficient (Wildman–Crippen LogP) is 1.55. The summed E-state index contributed by atoms with van der Waals surface area (Å²) in [5.74, 6) is 0.622. The van der Waals surface area contributed by atoms with Crippen molar-refractivity contribution < 1.29 is 9.84 Å². The van der Waals surface area contributed by atoms with Crippen LogP contribution in [0, 0.1) is 5.92 Å². The smallest absolute Gasteiger partial charge is 0.0615 e. The van der Waals surface area contributed by atoms with Gasteiger partial charge in [0.05, 0.1) is 12.7 Å². The minimum atomic E-state index is -0.0941. The van der Waals surface area contributed by atoms with Crippen molar-refractivity contribution in [2.75, 3.05) is 19.8 Å². The van der Waals surface area contributed by atoms with Crippen LogP contribution >= 0.6 is 0 Å². The summed E-state index contributed by atoms with van der Waals surface area (Å²) in [5, 5.41) is 13.1. The summed E-state index contributed by atoms with van der Waals surface area (Å²) in [4.78, 5) is 0. The zero-order valence-corrected chi connectivity index (χ0v) is 10.3. The Kier molecular flexibility index (Phi) is 5.03. The predicted molar refractivity (Wildman–Crippen MR) is 61.9 cm³/mol. The molecular formula is C12H25NO2. The van der Waals surface area contributed by atoms with Gasteiger partial charge in [-0.1, -0.05) is 20.8 Å². The normalized spacial score (nSPS) is 32.2. The maximum absolute atomic E-state index is 9.55. The van der Waals surface area contributed by atoms with Crippen LogP contribution < -0.4 is 5.32 Å². The lowest BCUT2D eigenvalue weighted by molar-refractivity contribution is -0.0465. The van der Waals surface area contributed by atoms with Gasteiger partial charge in [0.15, 0.2) is 0 Å². The lowest BCUT2D eigenvalue weighted by Gasteiger charge is -2.40. The summed E-state index contributed by atoms with van der Waals surface area (Å²) in [6.45, 7) is 8.48. The van der Waals surface area contributed by atoms with E-state index in [0.29, 0.717) is 12.0 Å². The van der Waals surface area contributed by atoms with E-state index in [1.807, 2.05) is 0 Å². The van der Waals surface area contributed by atoms with Gasteiger partial charge in [-0.3, -0.25) is 0 Å². The standard InChI is InChI=1S/C12H25NO2/c1-4-11-7-12(9-14,5-6-15-11)13-8-10(2)3/h10-11,13-14H,4-9H2,1-3H3. The van der Waals surface area contributed by atoms with Gasteiger partial charge in [-0.2, -0.15) is 0 Å². The molecule has 1 aliphatic heterocycles. The topological polar surface area (TPSA) is 41.5 Å². The lowest BCUT2D eigenvalue weighted by Crippen LogP contribution is -2.55. The molecule has 0 amide bonds. The second-order valence-electron chi connectivity index (χ2n) is 5.07. The Balaban J connectivity index is 2.50. The van der Waals surface area contributed by atoms with E-state index in [4.69, 9.17) is 4.74 Å². The molecule has 2 atom stereocenters. The van der Waals surface area contributed by atoms with Crippen LogP contribution in [-0.4, -0.2) is 36.5 Å². The fraction of sp³-hybridized carbons (Fsp3) is 1.00. The molecule has 0 spiro atoms. The third-order valence-corrected chi connectivity index (χ3v) is 3.20. The van der Waals surface area contributed by atoms with Crippen LogP contribution in [0.1, 0.15) is 40.0 Å². The number of rotatable bonds is 5. The van der Waals surface area contributed by atoms with Gasteiger partial charge in [-0.15, -0.1) is 0 Å². The maximum atomic E-state index is 9.55. The molecule has 90 valence electrons. The molecule has 15 heavy (non-hydrogen) atoms. The highest BCUT2D eigenvalue weighted by Gasteiger charge is 2.35. The Morgan fingerprint density at radius 3 is 2.80 bits per heavy atom. The molecular weight excluding hydrogens is 190 g/mol. The zero-order chi connectivity index (χ0) is 11.3. The SMILES string of the molecule is CCC1CC(CO)(NCC(C)C)CCO1. The summed E-state index contributed by atoms with van der Waals surface area (Å²) >= 11 is 0. The molecule has 3 nitrogen and oxygen atoms in total. The first-order valence-electron chi connectivity index (χ1n) is 6.09. The summed E-state index contributed by atoms with van der Waals surface area (Å²) in [5.41, 5.74) is -0.0941. The molecule has 2 unspecified atom stereocenters. The Hall–Kier alpha value is -0.120. The molecule has 1 fully saturated rings. The van der Waals surface area contributed by atoms with E-state index in [0.717, 1.165) is 32.4 Å². The van der Waals surface area contributed by atoms with Crippen molar-refractivity contribution in [1.82, 2.24) is 5.32 Å². The highest BCUT2D eigenvalue weighted by atomic mass is 16.5. The van der Waals surface area contributed by atoms with E-state index in [1.54, 1.807) is 0 Å². The van der Waals surface area contributed by atoms with Gasteiger partial charge in [0.1, 0.15) is 0 Å². The third-order valence-electron chi connectivity index (χ3n) is 3.20. The van der Waals surface area contributed by atoms with Crippen molar-refractivity contribution in [2.45, 2.75) is 51.7 Å². The average Bonchev–Trinajstić information content (AvgIpc) is 2.26. The molecule has 1 saturated heterocycles. The molecule has 0 aromatic heterocycles. The van der Waals surface area contributed by atoms with E-state index in [2.05, 4.69) is 26.1 Å². The Morgan fingerprint density at radius 2 is 2.27 bits per heavy atom. The molecule has 0 saturated carbocycles. The minimum absolute atomic E-state index is 0.0941. The van der Waals surface area contributed by atoms with E-state index in [9.17, 15) is 5.11 Å². The van der Waals surface area contributed by atoms with Crippen LogP contribution in [0.25, 0.3) is 0 Å². The van der Waals surface area contributed by atoms with Crippen LogP contribution in [0.2, 0.25) is 0 Å². The molecule has 1 rings (SSSR count). The monoisotopic (exact) mass is 215 g/mol. The van der Waals surface area contributed by atoms with Crippen LogP contribution in [0.5, 0.6) is 0 Å². The van der Waals surface area contributed by atoms with Gasteiger partial charge >= 0.3 is 0 Å². The van der Waals surface area contributed by atoms with Crippen LogP contribution in [-0.2, 0) is 4.74 Å². The van der Waals surface area contributed by atoms with E-state index in [1.165, 1.54) is 0 Å². The van der Waals surface area contributed by atoms with Crippen molar-refractivity contribution in [1.29, 1.82) is 0 Å².